The normalized spacial score (nSPS) is 11.3. The molecule has 7 nitrogen and oxygen atoms in total. The second-order valence-corrected chi connectivity index (χ2v) is 9.48. The van der Waals surface area contributed by atoms with E-state index in [0.29, 0.717) is 28.6 Å². The van der Waals surface area contributed by atoms with Crippen LogP contribution in [0.3, 0.4) is 0 Å². The van der Waals surface area contributed by atoms with Gasteiger partial charge in [-0.2, -0.15) is 0 Å². The van der Waals surface area contributed by atoms with E-state index in [0.717, 1.165) is 16.8 Å². The van der Waals surface area contributed by atoms with E-state index in [1.54, 1.807) is 12.1 Å². The third-order valence-corrected chi connectivity index (χ3v) is 6.61. The Hall–Kier alpha value is -3.75. The van der Waals surface area contributed by atoms with Gasteiger partial charge in [-0.05, 0) is 50.2 Å². The maximum atomic E-state index is 12.8. The minimum Gasteiger partial charge on any atom is -0.399 e. The van der Waals surface area contributed by atoms with Crippen molar-refractivity contribution >= 4 is 27.2 Å². The molecule has 0 aliphatic heterocycles. The minimum atomic E-state index is -3.74. The Balaban J connectivity index is 1.69. The number of nitrogens with zero attached hydrogens (tertiary/aromatic N) is 2. The average Bonchev–Trinajstić information content (AvgIpc) is 2.81. The van der Waals surface area contributed by atoms with Crippen LogP contribution in [-0.2, 0) is 16.6 Å². The molecule has 0 spiro atoms. The highest BCUT2D eigenvalue weighted by Crippen LogP contribution is 2.26. The highest BCUT2D eigenvalue weighted by atomic mass is 32.2. The van der Waals surface area contributed by atoms with E-state index in [2.05, 4.69) is 15.0 Å². The van der Waals surface area contributed by atoms with Gasteiger partial charge in [-0.15, -0.1) is 0 Å². The molecular formula is C25H25N5O2S. The molecule has 0 atom stereocenters. The Labute approximate surface area is 193 Å². The summed E-state index contributed by atoms with van der Waals surface area (Å²) in [6, 6.07) is 23.6. The van der Waals surface area contributed by atoms with Crippen molar-refractivity contribution in [2.75, 3.05) is 11.1 Å². The maximum absolute atomic E-state index is 12.8. The molecule has 4 rings (SSSR count). The van der Waals surface area contributed by atoms with E-state index in [-0.39, 0.29) is 11.4 Å². The van der Waals surface area contributed by atoms with Crippen LogP contribution in [-0.4, -0.2) is 18.4 Å². The topological polar surface area (TPSA) is 110 Å². The van der Waals surface area contributed by atoms with Crippen LogP contribution in [0.1, 0.15) is 16.8 Å². The summed E-state index contributed by atoms with van der Waals surface area (Å²) in [6.45, 7) is 3.90. The van der Waals surface area contributed by atoms with Crippen LogP contribution in [0.2, 0.25) is 0 Å². The monoisotopic (exact) mass is 459 g/mol. The van der Waals surface area contributed by atoms with Crippen molar-refractivity contribution in [1.29, 1.82) is 0 Å². The zero-order valence-electron chi connectivity index (χ0n) is 18.4. The maximum Gasteiger partial charge on any atom is 0.240 e. The largest absolute Gasteiger partial charge is 0.399 e. The Morgan fingerprint density at radius 1 is 0.848 bits per heavy atom. The van der Waals surface area contributed by atoms with Gasteiger partial charge in [-0.3, -0.25) is 0 Å². The fourth-order valence-electron chi connectivity index (χ4n) is 3.30. The smallest absolute Gasteiger partial charge is 0.240 e. The molecule has 8 heteroatoms. The molecule has 1 heterocycles. The molecule has 0 fully saturated rings. The summed E-state index contributed by atoms with van der Waals surface area (Å²) in [7, 11) is -3.74. The van der Waals surface area contributed by atoms with Gasteiger partial charge in [0.15, 0.2) is 5.82 Å². The van der Waals surface area contributed by atoms with Gasteiger partial charge in [0.05, 0.1) is 4.90 Å². The van der Waals surface area contributed by atoms with Gasteiger partial charge in [-0.1, -0.05) is 48.0 Å². The Bertz CT molecular complexity index is 1350. The first-order valence-corrected chi connectivity index (χ1v) is 11.9. The highest BCUT2D eigenvalue weighted by Gasteiger charge is 2.18. The first-order valence-electron chi connectivity index (χ1n) is 10.4. The summed E-state index contributed by atoms with van der Waals surface area (Å²) in [6.07, 6.45) is 0. The number of nitrogens with two attached hydrogens (primary N) is 1. The van der Waals surface area contributed by atoms with Crippen LogP contribution < -0.4 is 15.8 Å². The van der Waals surface area contributed by atoms with Crippen molar-refractivity contribution in [3.05, 3.63) is 95.7 Å². The number of sulfonamides is 1. The third-order valence-electron chi connectivity index (χ3n) is 5.19. The van der Waals surface area contributed by atoms with Crippen molar-refractivity contribution in [3.8, 4) is 11.4 Å². The van der Waals surface area contributed by atoms with Crippen molar-refractivity contribution in [1.82, 2.24) is 14.7 Å². The number of nitrogen functional groups attached to an aromatic ring is 1. The fourth-order valence-corrected chi connectivity index (χ4v) is 4.29. The number of nitrogens with one attached hydrogen (secondary N) is 2. The average molecular weight is 460 g/mol. The molecule has 0 unspecified atom stereocenters. The zero-order valence-corrected chi connectivity index (χ0v) is 19.2. The van der Waals surface area contributed by atoms with Crippen molar-refractivity contribution in [3.63, 3.8) is 0 Å². The zero-order chi connectivity index (χ0) is 23.4. The van der Waals surface area contributed by atoms with Crippen LogP contribution in [0, 0.1) is 13.8 Å². The number of hydrogen-bond donors (Lipinski definition) is 3. The molecule has 0 saturated heterocycles. The van der Waals surface area contributed by atoms with E-state index >= 15 is 0 Å². The molecule has 1 aromatic heterocycles. The molecule has 0 saturated carbocycles. The molecule has 0 radical (unpaired) electrons. The van der Waals surface area contributed by atoms with Crippen LogP contribution >= 0.6 is 0 Å². The van der Waals surface area contributed by atoms with Crippen LogP contribution in [0.4, 0.5) is 17.2 Å². The van der Waals surface area contributed by atoms with Crippen molar-refractivity contribution in [2.45, 2.75) is 25.3 Å². The van der Waals surface area contributed by atoms with E-state index < -0.39 is 10.0 Å². The molecule has 0 aliphatic carbocycles. The molecule has 0 bridgehead atoms. The van der Waals surface area contributed by atoms with Gasteiger partial charge in [0, 0.05) is 34.7 Å². The van der Waals surface area contributed by atoms with E-state index in [9.17, 15) is 8.42 Å². The van der Waals surface area contributed by atoms with Crippen molar-refractivity contribution in [2.24, 2.45) is 0 Å². The lowest BCUT2D eigenvalue weighted by atomic mass is 10.1. The minimum absolute atomic E-state index is 0.0296. The molecule has 3 aromatic carbocycles. The summed E-state index contributed by atoms with van der Waals surface area (Å²) in [5.74, 6) is 1.11. The standard InChI is InChI=1S/C25H25N5O2S/c1-17-8-12-21(13-9-17)29-25-23(16-27-33(31,32)22-14-10-20(26)11-15-22)18(2)28-24(30-25)19-6-4-3-5-7-19/h3-15,27H,16,26H2,1-2H3,(H,28,29,30). The van der Waals surface area contributed by atoms with Gasteiger partial charge in [0.25, 0.3) is 0 Å². The summed E-state index contributed by atoms with van der Waals surface area (Å²) in [5, 5.41) is 3.33. The third kappa shape index (κ3) is 5.36. The first kappa shape index (κ1) is 22.4. The van der Waals surface area contributed by atoms with Crippen LogP contribution in [0.15, 0.2) is 83.8 Å². The second kappa shape index (κ2) is 9.40. The number of benzene rings is 3. The Morgan fingerprint density at radius 2 is 1.52 bits per heavy atom. The number of aryl methyl sites for hydroxylation is 2. The summed E-state index contributed by atoms with van der Waals surface area (Å²) in [5.41, 5.74) is 10.4. The predicted molar refractivity (Wildman–Crippen MR) is 132 cm³/mol. The summed E-state index contributed by atoms with van der Waals surface area (Å²) < 4.78 is 28.3. The first-order chi connectivity index (χ1) is 15.8. The quantitative estimate of drug-likeness (QED) is 0.349. The van der Waals surface area contributed by atoms with E-state index in [1.807, 2.05) is 68.4 Å². The molecule has 0 aliphatic rings. The van der Waals surface area contributed by atoms with Gasteiger partial charge < -0.3 is 11.1 Å². The number of rotatable bonds is 7. The van der Waals surface area contributed by atoms with E-state index in [4.69, 9.17) is 10.7 Å². The van der Waals surface area contributed by atoms with Gasteiger partial charge in [0.2, 0.25) is 10.0 Å². The molecule has 33 heavy (non-hydrogen) atoms. The molecule has 168 valence electrons. The lowest BCUT2D eigenvalue weighted by molar-refractivity contribution is 0.581. The Morgan fingerprint density at radius 3 is 2.18 bits per heavy atom. The van der Waals surface area contributed by atoms with Gasteiger partial charge in [0.1, 0.15) is 5.82 Å². The van der Waals surface area contributed by atoms with Crippen LogP contribution in [0.5, 0.6) is 0 Å². The van der Waals surface area contributed by atoms with Gasteiger partial charge in [-0.25, -0.2) is 23.1 Å². The van der Waals surface area contributed by atoms with Gasteiger partial charge >= 0.3 is 0 Å². The number of aromatic nitrogens is 2. The molecule has 4 N–H and O–H groups in total. The summed E-state index contributed by atoms with van der Waals surface area (Å²) in [4.78, 5) is 9.52. The predicted octanol–water partition coefficient (Wildman–Crippen LogP) is 4.56. The number of hydrogen-bond acceptors (Lipinski definition) is 6. The molecule has 4 aromatic rings. The number of anilines is 3. The van der Waals surface area contributed by atoms with Crippen LogP contribution in [0.25, 0.3) is 11.4 Å². The Kier molecular flexibility index (Phi) is 6.39. The summed E-state index contributed by atoms with van der Waals surface area (Å²) >= 11 is 0. The fraction of sp³-hybridized carbons (Fsp3) is 0.120. The lowest BCUT2D eigenvalue weighted by Gasteiger charge is -2.16. The SMILES string of the molecule is Cc1ccc(Nc2nc(-c3ccccc3)nc(C)c2CNS(=O)(=O)c2ccc(N)cc2)cc1. The lowest BCUT2D eigenvalue weighted by Crippen LogP contribution is -2.24. The van der Waals surface area contributed by atoms with Crippen molar-refractivity contribution < 1.29 is 8.42 Å². The molecule has 0 amide bonds. The second-order valence-electron chi connectivity index (χ2n) is 7.71. The molecular weight excluding hydrogens is 434 g/mol. The van der Waals surface area contributed by atoms with E-state index in [1.165, 1.54) is 12.1 Å². The highest BCUT2D eigenvalue weighted by molar-refractivity contribution is 7.89.